The molecule has 1 heterocycles. The van der Waals surface area contributed by atoms with Gasteiger partial charge in [0.25, 0.3) is 0 Å². The van der Waals surface area contributed by atoms with Gasteiger partial charge in [-0.1, -0.05) is 26.0 Å². The normalized spacial score (nSPS) is 19.1. The molecule has 1 aliphatic rings. The van der Waals surface area contributed by atoms with Crippen LogP contribution in [0, 0.1) is 0 Å². The molecule has 1 saturated heterocycles. The number of nitrogens with zero attached hydrogens (tertiary/aromatic N) is 1. The topological polar surface area (TPSA) is 20.3 Å². The van der Waals surface area contributed by atoms with E-state index < -0.39 is 0 Å². The van der Waals surface area contributed by atoms with Crippen molar-refractivity contribution in [3.8, 4) is 0 Å². The van der Waals surface area contributed by atoms with Gasteiger partial charge in [0.1, 0.15) is 0 Å². The molecule has 0 amide bonds. The van der Waals surface area contributed by atoms with Gasteiger partial charge in [0.15, 0.2) is 5.78 Å². The molecule has 0 atom stereocenters. The van der Waals surface area contributed by atoms with Crippen molar-refractivity contribution in [1.29, 1.82) is 0 Å². The number of hydrogen-bond donors (Lipinski definition) is 0. The number of benzene rings is 1. The van der Waals surface area contributed by atoms with Gasteiger partial charge in [0.05, 0.1) is 6.54 Å². The summed E-state index contributed by atoms with van der Waals surface area (Å²) < 4.78 is 0. The number of ketones is 1. The molecule has 0 aromatic heterocycles. The molecule has 2 rings (SSSR count). The average molecular weight is 231 g/mol. The van der Waals surface area contributed by atoms with Crippen LogP contribution in [-0.4, -0.2) is 17.9 Å². The molecule has 92 valence electrons. The smallest absolute Gasteiger partial charge is 0.154 e. The highest BCUT2D eigenvalue weighted by molar-refractivity contribution is 5.89. The lowest BCUT2D eigenvalue weighted by molar-refractivity contribution is -0.116. The van der Waals surface area contributed by atoms with Crippen LogP contribution in [0.4, 0.5) is 5.69 Å². The maximum absolute atomic E-state index is 11.6. The van der Waals surface area contributed by atoms with Crippen molar-refractivity contribution < 1.29 is 4.79 Å². The highest BCUT2D eigenvalue weighted by Gasteiger charge is 2.37. The van der Waals surface area contributed by atoms with E-state index in [4.69, 9.17) is 0 Å². The van der Waals surface area contributed by atoms with Crippen molar-refractivity contribution in [2.45, 2.75) is 45.6 Å². The third kappa shape index (κ3) is 2.36. The Bertz CT molecular complexity index is 417. The fraction of sp³-hybridized carbons (Fsp3) is 0.533. The van der Waals surface area contributed by atoms with Crippen LogP contribution in [0.2, 0.25) is 0 Å². The highest BCUT2D eigenvalue weighted by atomic mass is 16.1. The first-order chi connectivity index (χ1) is 7.90. The van der Waals surface area contributed by atoms with Gasteiger partial charge < -0.3 is 4.90 Å². The second-order valence-corrected chi connectivity index (χ2v) is 5.86. The van der Waals surface area contributed by atoms with Gasteiger partial charge >= 0.3 is 0 Å². The summed E-state index contributed by atoms with van der Waals surface area (Å²) >= 11 is 0. The minimum Gasteiger partial charge on any atom is -0.359 e. The van der Waals surface area contributed by atoms with Gasteiger partial charge in [0, 0.05) is 17.6 Å². The lowest BCUT2D eigenvalue weighted by Crippen LogP contribution is -2.38. The molecule has 0 bridgehead atoms. The van der Waals surface area contributed by atoms with Crippen LogP contribution in [0.3, 0.4) is 0 Å². The van der Waals surface area contributed by atoms with E-state index in [9.17, 15) is 4.79 Å². The number of Topliss-reactive ketones (excluding diaryl/α,β-unsaturated/α-hetero) is 1. The Labute approximate surface area is 104 Å². The molecule has 1 aromatic rings. The third-order valence-corrected chi connectivity index (χ3v) is 3.57. The number of hydrogen-bond acceptors (Lipinski definition) is 2. The van der Waals surface area contributed by atoms with Gasteiger partial charge in [-0.15, -0.1) is 0 Å². The Balaban J connectivity index is 2.26. The van der Waals surface area contributed by atoms with Gasteiger partial charge in [-0.25, -0.2) is 0 Å². The molecule has 1 aromatic carbocycles. The molecular formula is C15H21NO. The van der Waals surface area contributed by atoms with Gasteiger partial charge in [0.2, 0.25) is 0 Å². The first-order valence-corrected chi connectivity index (χ1v) is 6.29. The van der Waals surface area contributed by atoms with E-state index in [0.717, 1.165) is 5.69 Å². The van der Waals surface area contributed by atoms with Crippen LogP contribution in [0.15, 0.2) is 24.3 Å². The van der Waals surface area contributed by atoms with Gasteiger partial charge in [-0.3, -0.25) is 4.79 Å². The van der Waals surface area contributed by atoms with E-state index in [1.54, 1.807) is 0 Å². The summed E-state index contributed by atoms with van der Waals surface area (Å²) in [5.74, 6) is 0.889. The zero-order valence-corrected chi connectivity index (χ0v) is 11.2. The van der Waals surface area contributed by atoms with Crippen molar-refractivity contribution in [2.24, 2.45) is 0 Å². The monoisotopic (exact) mass is 231 g/mol. The lowest BCUT2D eigenvalue weighted by Gasteiger charge is -2.32. The molecule has 17 heavy (non-hydrogen) atoms. The van der Waals surface area contributed by atoms with E-state index in [0.29, 0.717) is 24.7 Å². The van der Waals surface area contributed by atoms with E-state index in [1.807, 2.05) is 0 Å². The average Bonchev–Trinajstić information content (AvgIpc) is 2.52. The van der Waals surface area contributed by atoms with E-state index in [1.165, 1.54) is 5.56 Å². The van der Waals surface area contributed by atoms with Crippen LogP contribution >= 0.6 is 0 Å². The molecule has 0 unspecified atom stereocenters. The first kappa shape index (κ1) is 12.2. The first-order valence-electron chi connectivity index (χ1n) is 6.29. The molecule has 1 fully saturated rings. The quantitative estimate of drug-likeness (QED) is 0.777. The van der Waals surface area contributed by atoms with E-state index >= 15 is 0 Å². The lowest BCUT2D eigenvalue weighted by atomic mass is 10.00. The Morgan fingerprint density at radius 2 is 1.76 bits per heavy atom. The molecule has 1 aliphatic heterocycles. The molecule has 0 N–H and O–H groups in total. The zero-order valence-electron chi connectivity index (χ0n) is 11.2. The Hall–Kier alpha value is -1.31. The second-order valence-electron chi connectivity index (χ2n) is 5.86. The molecule has 0 saturated carbocycles. The Kier molecular flexibility index (Phi) is 2.98. The van der Waals surface area contributed by atoms with Crippen molar-refractivity contribution >= 4 is 11.5 Å². The minimum absolute atomic E-state index is 0.0452. The maximum atomic E-state index is 11.6. The standard InChI is InChI=1S/C15H21NO/c1-11(2)12-5-7-13(8-6-12)16-10-14(17)9-15(16,3)4/h5-8,11H,9-10H2,1-4H3. The summed E-state index contributed by atoms with van der Waals surface area (Å²) in [5, 5.41) is 0. The van der Waals surface area contributed by atoms with Crippen molar-refractivity contribution in [1.82, 2.24) is 0 Å². The van der Waals surface area contributed by atoms with Crippen molar-refractivity contribution in [3.05, 3.63) is 29.8 Å². The number of rotatable bonds is 2. The third-order valence-electron chi connectivity index (χ3n) is 3.57. The van der Waals surface area contributed by atoms with Crippen molar-refractivity contribution in [3.63, 3.8) is 0 Å². The van der Waals surface area contributed by atoms with Crippen LogP contribution in [-0.2, 0) is 4.79 Å². The molecule has 0 radical (unpaired) electrons. The largest absolute Gasteiger partial charge is 0.359 e. The fourth-order valence-corrected chi connectivity index (χ4v) is 2.50. The fourth-order valence-electron chi connectivity index (χ4n) is 2.50. The Morgan fingerprint density at radius 1 is 1.18 bits per heavy atom. The summed E-state index contributed by atoms with van der Waals surface area (Å²) in [6.07, 6.45) is 0.652. The second kappa shape index (κ2) is 4.17. The maximum Gasteiger partial charge on any atom is 0.154 e. The SMILES string of the molecule is CC(C)c1ccc(N2CC(=O)CC2(C)C)cc1. The van der Waals surface area contributed by atoms with Gasteiger partial charge in [-0.05, 0) is 37.5 Å². The molecule has 2 nitrogen and oxygen atoms in total. The summed E-state index contributed by atoms with van der Waals surface area (Å²) in [5.41, 5.74) is 2.46. The summed E-state index contributed by atoms with van der Waals surface area (Å²) in [4.78, 5) is 13.8. The van der Waals surface area contributed by atoms with Crippen LogP contribution < -0.4 is 4.90 Å². The molecule has 2 heteroatoms. The minimum atomic E-state index is -0.0452. The van der Waals surface area contributed by atoms with E-state index in [2.05, 4.69) is 56.9 Å². The van der Waals surface area contributed by atoms with Crippen LogP contribution in [0.25, 0.3) is 0 Å². The highest BCUT2D eigenvalue weighted by Crippen LogP contribution is 2.32. The molecule has 0 aliphatic carbocycles. The summed E-state index contributed by atoms with van der Waals surface area (Å²) in [7, 11) is 0. The molecule has 0 spiro atoms. The van der Waals surface area contributed by atoms with Crippen molar-refractivity contribution in [2.75, 3.05) is 11.4 Å². The zero-order chi connectivity index (χ0) is 12.6. The number of anilines is 1. The van der Waals surface area contributed by atoms with Gasteiger partial charge in [-0.2, -0.15) is 0 Å². The van der Waals surface area contributed by atoms with Crippen LogP contribution in [0.1, 0.15) is 45.6 Å². The predicted octanol–water partition coefficient (Wildman–Crippen LogP) is 3.37. The van der Waals surface area contributed by atoms with E-state index in [-0.39, 0.29) is 5.54 Å². The number of carbonyl (C=O) groups is 1. The molecular weight excluding hydrogens is 210 g/mol. The predicted molar refractivity (Wildman–Crippen MR) is 71.6 cm³/mol. The van der Waals surface area contributed by atoms with Crippen LogP contribution in [0.5, 0.6) is 0 Å². The summed E-state index contributed by atoms with van der Waals surface area (Å²) in [6.45, 7) is 9.20. The Morgan fingerprint density at radius 3 is 2.18 bits per heavy atom. The summed E-state index contributed by atoms with van der Waals surface area (Å²) in [6, 6.07) is 8.60. The number of carbonyl (C=O) groups excluding carboxylic acids is 1.